The van der Waals surface area contributed by atoms with Crippen molar-refractivity contribution in [1.29, 1.82) is 0 Å². The first-order valence-corrected chi connectivity index (χ1v) is 6.82. The van der Waals surface area contributed by atoms with Crippen LogP contribution in [0.3, 0.4) is 0 Å². The number of aliphatic hydroxyl groups excluding tert-OH is 1. The summed E-state index contributed by atoms with van der Waals surface area (Å²) in [6.07, 6.45) is 2.28. The van der Waals surface area contributed by atoms with E-state index in [0.29, 0.717) is 38.5 Å². The summed E-state index contributed by atoms with van der Waals surface area (Å²) < 4.78 is 5.27. The summed E-state index contributed by atoms with van der Waals surface area (Å²) in [4.78, 5) is 18.6. The number of nitro groups is 1. The molecule has 0 saturated carbocycles. The molecule has 1 aromatic heterocycles. The fourth-order valence-corrected chi connectivity index (χ4v) is 2.18. The normalized spacial score (nSPS) is 17.2. The number of ether oxygens (including phenoxy) is 1. The van der Waals surface area contributed by atoms with E-state index < -0.39 is 10.5 Å². The van der Waals surface area contributed by atoms with E-state index in [2.05, 4.69) is 20.6 Å². The number of hydrogen-bond acceptors (Lipinski definition) is 8. The van der Waals surface area contributed by atoms with E-state index in [1.807, 2.05) is 6.92 Å². The Kier molecular flexibility index (Phi) is 4.86. The maximum atomic E-state index is 11.1. The van der Waals surface area contributed by atoms with Gasteiger partial charge in [0.25, 0.3) is 0 Å². The molecule has 0 aliphatic carbocycles. The first-order valence-electron chi connectivity index (χ1n) is 6.82. The Hall–Kier alpha value is -2.00. The van der Waals surface area contributed by atoms with E-state index in [4.69, 9.17) is 4.74 Å². The number of nitrogens with zero attached hydrogens (tertiary/aromatic N) is 3. The summed E-state index contributed by atoms with van der Waals surface area (Å²) in [6, 6.07) is 0. The molecule has 0 spiro atoms. The fourth-order valence-electron chi connectivity index (χ4n) is 2.18. The van der Waals surface area contributed by atoms with Crippen molar-refractivity contribution >= 4 is 17.5 Å². The van der Waals surface area contributed by atoms with Gasteiger partial charge in [-0.25, -0.2) is 4.98 Å². The highest BCUT2D eigenvalue weighted by atomic mass is 16.6. The molecule has 1 aromatic rings. The minimum atomic E-state index is -0.652. The van der Waals surface area contributed by atoms with Crippen molar-refractivity contribution in [2.75, 3.05) is 37.0 Å². The van der Waals surface area contributed by atoms with Crippen molar-refractivity contribution < 1.29 is 14.8 Å². The topological polar surface area (TPSA) is 122 Å². The largest absolute Gasteiger partial charge is 0.394 e. The van der Waals surface area contributed by atoms with Crippen molar-refractivity contribution in [2.45, 2.75) is 25.3 Å². The minimum absolute atomic E-state index is 0.113. The number of aliphatic hydroxyl groups is 1. The third-order valence-electron chi connectivity index (χ3n) is 3.44. The summed E-state index contributed by atoms with van der Waals surface area (Å²) in [6.45, 7) is 3.33. The molecule has 0 atom stereocenters. The molecule has 1 fully saturated rings. The zero-order valence-corrected chi connectivity index (χ0v) is 11.8. The van der Waals surface area contributed by atoms with E-state index >= 15 is 0 Å². The predicted octanol–water partition coefficient (Wildman–Crippen LogP) is 0.770. The van der Waals surface area contributed by atoms with Gasteiger partial charge in [0.05, 0.1) is 17.1 Å². The van der Waals surface area contributed by atoms with Crippen LogP contribution in [0.2, 0.25) is 0 Å². The number of rotatable bonds is 6. The van der Waals surface area contributed by atoms with Gasteiger partial charge in [0, 0.05) is 19.8 Å². The zero-order valence-electron chi connectivity index (χ0n) is 11.8. The fraction of sp³-hybridized carbons (Fsp3) is 0.667. The maximum Gasteiger partial charge on any atom is 0.329 e. The molecule has 0 bridgehead atoms. The highest BCUT2D eigenvalue weighted by molar-refractivity contribution is 5.58. The van der Waals surface area contributed by atoms with Crippen LogP contribution in [0.5, 0.6) is 0 Å². The summed E-state index contributed by atoms with van der Waals surface area (Å²) >= 11 is 0. The quantitative estimate of drug-likeness (QED) is 0.520. The first-order chi connectivity index (χ1) is 10.1. The molecule has 21 heavy (non-hydrogen) atoms. The number of aromatic nitrogens is 2. The molecule has 1 aliphatic heterocycles. The van der Waals surface area contributed by atoms with Crippen LogP contribution in [0.25, 0.3) is 0 Å². The van der Waals surface area contributed by atoms with Crippen molar-refractivity contribution in [2.24, 2.45) is 0 Å². The average molecular weight is 297 g/mol. The number of hydrogen-bond donors (Lipinski definition) is 3. The molecular weight excluding hydrogens is 278 g/mol. The van der Waals surface area contributed by atoms with Crippen LogP contribution in [-0.4, -0.2) is 51.9 Å². The predicted molar refractivity (Wildman–Crippen MR) is 76.3 cm³/mol. The van der Waals surface area contributed by atoms with E-state index in [9.17, 15) is 15.2 Å². The summed E-state index contributed by atoms with van der Waals surface area (Å²) in [7, 11) is 0. The van der Waals surface area contributed by atoms with E-state index in [-0.39, 0.29) is 18.1 Å². The lowest BCUT2D eigenvalue weighted by Gasteiger charge is -2.36. The van der Waals surface area contributed by atoms with Gasteiger partial charge in [0.15, 0.2) is 0 Å². The molecule has 9 nitrogen and oxygen atoms in total. The lowest BCUT2D eigenvalue weighted by Crippen LogP contribution is -2.47. The number of anilines is 2. The van der Waals surface area contributed by atoms with E-state index in [1.165, 1.54) is 0 Å². The molecular formula is C12H19N5O4. The van der Waals surface area contributed by atoms with Crippen LogP contribution < -0.4 is 10.6 Å². The molecule has 2 rings (SSSR count). The van der Waals surface area contributed by atoms with Gasteiger partial charge in [0.1, 0.15) is 6.20 Å². The molecule has 3 N–H and O–H groups in total. The second-order valence-corrected chi connectivity index (χ2v) is 4.89. The van der Waals surface area contributed by atoms with Crippen LogP contribution >= 0.6 is 0 Å². The Bertz CT molecular complexity index is 504. The van der Waals surface area contributed by atoms with Gasteiger partial charge in [-0.15, -0.1) is 0 Å². The molecule has 1 aliphatic rings. The lowest BCUT2D eigenvalue weighted by atomic mass is 9.91. The van der Waals surface area contributed by atoms with Crippen LogP contribution in [0.4, 0.5) is 17.5 Å². The minimum Gasteiger partial charge on any atom is -0.394 e. The standard InChI is InChI=1S/C12H19N5O4/c1-2-13-11-14-7-9(17(19)20)10(15-11)16-12(8-18)3-5-21-6-4-12/h7,18H,2-6,8H2,1H3,(H2,13,14,15,16). The Morgan fingerprint density at radius 3 is 2.81 bits per heavy atom. The number of nitrogens with one attached hydrogen (secondary N) is 2. The van der Waals surface area contributed by atoms with E-state index in [0.717, 1.165) is 6.20 Å². The Balaban J connectivity index is 2.30. The second kappa shape index (κ2) is 6.64. The van der Waals surface area contributed by atoms with Gasteiger partial charge in [-0.1, -0.05) is 0 Å². The molecule has 1 saturated heterocycles. The third kappa shape index (κ3) is 3.56. The van der Waals surface area contributed by atoms with E-state index in [1.54, 1.807) is 0 Å². The molecule has 0 aromatic carbocycles. The van der Waals surface area contributed by atoms with Crippen LogP contribution in [0.15, 0.2) is 6.20 Å². The lowest BCUT2D eigenvalue weighted by molar-refractivity contribution is -0.384. The molecule has 9 heteroatoms. The van der Waals surface area contributed by atoms with Crippen molar-refractivity contribution in [1.82, 2.24) is 9.97 Å². The Labute approximate surface area is 121 Å². The van der Waals surface area contributed by atoms with Gasteiger partial charge < -0.3 is 20.5 Å². The van der Waals surface area contributed by atoms with Crippen LogP contribution in [0.1, 0.15) is 19.8 Å². The molecule has 2 heterocycles. The van der Waals surface area contributed by atoms with Crippen molar-refractivity contribution in [3.63, 3.8) is 0 Å². The summed E-state index contributed by atoms with van der Waals surface area (Å²) in [5.41, 5.74) is -0.864. The monoisotopic (exact) mass is 297 g/mol. The second-order valence-electron chi connectivity index (χ2n) is 4.89. The highest BCUT2D eigenvalue weighted by Crippen LogP contribution is 2.30. The van der Waals surface area contributed by atoms with Crippen molar-refractivity contribution in [3.05, 3.63) is 16.3 Å². The highest BCUT2D eigenvalue weighted by Gasteiger charge is 2.34. The summed E-state index contributed by atoms with van der Waals surface area (Å²) in [5, 5.41) is 26.7. The van der Waals surface area contributed by atoms with Crippen molar-refractivity contribution in [3.8, 4) is 0 Å². The molecule has 0 unspecified atom stereocenters. The first kappa shape index (κ1) is 15.4. The zero-order chi connectivity index (χ0) is 15.3. The molecule has 0 radical (unpaired) electrons. The van der Waals surface area contributed by atoms with Gasteiger partial charge >= 0.3 is 5.69 Å². The van der Waals surface area contributed by atoms with Gasteiger partial charge in [-0.2, -0.15) is 4.98 Å². The van der Waals surface area contributed by atoms with Gasteiger partial charge in [-0.05, 0) is 19.8 Å². The average Bonchev–Trinajstić information content (AvgIpc) is 2.48. The SMILES string of the molecule is CCNc1ncc([N+](=O)[O-])c(NC2(CO)CCOCC2)n1. The molecule has 116 valence electrons. The van der Waals surface area contributed by atoms with Gasteiger partial charge in [-0.3, -0.25) is 10.1 Å². The smallest absolute Gasteiger partial charge is 0.329 e. The summed E-state index contributed by atoms with van der Waals surface area (Å²) in [5.74, 6) is 0.424. The Morgan fingerprint density at radius 2 is 2.24 bits per heavy atom. The van der Waals surface area contributed by atoms with Gasteiger partial charge in [0.2, 0.25) is 11.8 Å². The molecule has 0 amide bonds. The third-order valence-corrected chi connectivity index (χ3v) is 3.44. The van der Waals surface area contributed by atoms with Crippen LogP contribution in [0, 0.1) is 10.1 Å². The maximum absolute atomic E-state index is 11.1. The Morgan fingerprint density at radius 1 is 1.52 bits per heavy atom. The van der Waals surface area contributed by atoms with Crippen LogP contribution in [-0.2, 0) is 4.74 Å².